The number of carbonyl (C=O) groups is 1. The minimum Gasteiger partial charge on any atom is -0.298 e. The highest BCUT2D eigenvalue weighted by Crippen LogP contribution is 2.21. The number of piperidine rings is 1. The summed E-state index contributed by atoms with van der Waals surface area (Å²) in [6.07, 6.45) is 5.02. The van der Waals surface area contributed by atoms with E-state index in [1.165, 1.54) is 31.4 Å². The van der Waals surface area contributed by atoms with Gasteiger partial charge in [-0.2, -0.15) is 0 Å². The lowest BCUT2D eigenvalue weighted by molar-refractivity contribution is 0.0469. The van der Waals surface area contributed by atoms with Gasteiger partial charge in [-0.05, 0) is 31.4 Å². The van der Waals surface area contributed by atoms with Crippen molar-refractivity contribution in [2.75, 3.05) is 32.7 Å². The fraction of sp³-hybridized carbons (Fsp3) is 0.611. The molecular weight excluding hydrogens is 260 g/mol. The molecule has 0 saturated carbocycles. The first-order chi connectivity index (χ1) is 10.3. The number of rotatable bonds is 4. The van der Waals surface area contributed by atoms with E-state index in [0.29, 0.717) is 12.6 Å². The molecule has 3 rings (SSSR count). The van der Waals surface area contributed by atoms with Gasteiger partial charge in [0.2, 0.25) is 0 Å². The van der Waals surface area contributed by atoms with E-state index in [2.05, 4.69) is 28.9 Å². The first kappa shape index (κ1) is 14.7. The Hall–Kier alpha value is -1.19. The van der Waals surface area contributed by atoms with Crippen LogP contribution in [-0.4, -0.2) is 54.3 Å². The molecule has 21 heavy (non-hydrogen) atoms. The number of fused-ring (bicyclic) bond motifs is 1. The minimum absolute atomic E-state index is 0.266. The highest BCUT2D eigenvalue weighted by atomic mass is 16.1. The smallest absolute Gasteiger partial charge is 0.176 e. The second-order valence-corrected chi connectivity index (χ2v) is 6.39. The van der Waals surface area contributed by atoms with E-state index < -0.39 is 0 Å². The molecule has 0 N–H and O–H groups in total. The zero-order valence-electron chi connectivity index (χ0n) is 13.1. The molecule has 1 aromatic rings. The molecule has 2 aliphatic rings. The van der Waals surface area contributed by atoms with Crippen molar-refractivity contribution in [2.45, 2.75) is 38.6 Å². The maximum absolute atomic E-state index is 12.4. The summed E-state index contributed by atoms with van der Waals surface area (Å²) >= 11 is 0. The summed E-state index contributed by atoms with van der Waals surface area (Å²) in [5.41, 5.74) is 2.15. The molecule has 0 spiro atoms. The molecule has 2 fully saturated rings. The predicted molar refractivity (Wildman–Crippen MR) is 85.8 cm³/mol. The normalized spacial score (nSPS) is 23.8. The first-order valence-corrected chi connectivity index (χ1v) is 8.35. The Morgan fingerprint density at radius 3 is 2.71 bits per heavy atom. The van der Waals surface area contributed by atoms with E-state index in [9.17, 15) is 4.79 Å². The maximum Gasteiger partial charge on any atom is 0.176 e. The van der Waals surface area contributed by atoms with Gasteiger partial charge >= 0.3 is 0 Å². The van der Waals surface area contributed by atoms with Crippen molar-refractivity contribution in [3.05, 3.63) is 35.4 Å². The predicted octanol–water partition coefficient (Wildman–Crippen LogP) is 2.60. The molecule has 2 heterocycles. The molecule has 0 bridgehead atoms. The zero-order chi connectivity index (χ0) is 14.7. The van der Waals surface area contributed by atoms with Gasteiger partial charge in [0.1, 0.15) is 0 Å². The van der Waals surface area contributed by atoms with Crippen molar-refractivity contribution in [3.63, 3.8) is 0 Å². The maximum atomic E-state index is 12.4. The second kappa shape index (κ2) is 6.71. The van der Waals surface area contributed by atoms with Crippen LogP contribution in [0.4, 0.5) is 0 Å². The van der Waals surface area contributed by atoms with Crippen LogP contribution in [0.5, 0.6) is 0 Å². The Kier molecular flexibility index (Phi) is 4.71. The molecule has 3 nitrogen and oxygen atoms in total. The third kappa shape index (κ3) is 3.53. The topological polar surface area (TPSA) is 23.6 Å². The molecule has 2 saturated heterocycles. The Morgan fingerprint density at radius 2 is 1.95 bits per heavy atom. The highest BCUT2D eigenvalue weighted by Gasteiger charge is 2.29. The Bertz CT molecular complexity index is 482. The third-order valence-corrected chi connectivity index (χ3v) is 4.97. The van der Waals surface area contributed by atoms with Crippen molar-refractivity contribution in [1.29, 1.82) is 0 Å². The van der Waals surface area contributed by atoms with Crippen LogP contribution < -0.4 is 0 Å². The average molecular weight is 286 g/mol. The third-order valence-electron chi connectivity index (χ3n) is 4.97. The zero-order valence-corrected chi connectivity index (χ0v) is 13.1. The quantitative estimate of drug-likeness (QED) is 0.795. The molecule has 1 unspecified atom stereocenters. The standard InChI is InChI=1S/C18H26N2O/c1-2-15-6-8-16(9-7-15)18(21)14-19-11-12-20-10-4-3-5-17(20)13-19/h6-9,17H,2-5,10-14H2,1H3. The summed E-state index contributed by atoms with van der Waals surface area (Å²) in [5, 5.41) is 0. The molecule has 3 heteroatoms. The molecular formula is C18H26N2O. The average Bonchev–Trinajstić information content (AvgIpc) is 2.55. The Balaban J connectivity index is 1.57. The lowest BCUT2D eigenvalue weighted by Crippen LogP contribution is -2.55. The van der Waals surface area contributed by atoms with E-state index in [1.807, 2.05) is 12.1 Å². The van der Waals surface area contributed by atoms with Crippen LogP contribution in [0.2, 0.25) is 0 Å². The van der Waals surface area contributed by atoms with Crippen molar-refractivity contribution in [1.82, 2.24) is 9.80 Å². The van der Waals surface area contributed by atoms with E-state index in [-0.39, 0.29) is 5.78 Å². The lowest BCUT2D eigenvalue weighted by atomic mass is 9.99. The summed E-state index contributed by atoms with van der Waals surface area (Å²) in [6, 6.07) is 8.80. The number of carbonyl (C=O) groups excluding carboxylic acids is 1. The number of ketones is 1. The summed E-state index contributed by atoms with van der Waals surface area (Å²) in [6.45, 7) is 7.21. The van der Waals surface area contributed by atoms with Gasteiger partial charge in [-0.15, -0.1) is 0 Å². The van der Waals surface area contributed by atoms with Gasteiger partial charge in [-0.25, -0.2) is 0 Å². The lowest BCUT2D eigenvalue weighted by Gasteiger charge is -2.43. The van der Waals surface area contributed by atoms with Gasteiger partial charge in [0.05, 0.1) is 6.54 Å². The van der Waals surface area contributed by atoms with Gasteiger partial charge in [0, 0.05) is 31.2 Å². The fourth-order valence-electron chi connectivity index (χ4n) is 3.58. The SMILES string of the molecule is CCc1ccc(C(=O)CN2CCN3CCCCC3C2)cc1. The monoisotopic (exact) mass is 286 g/mol. The van der Waals surface area contributed by atoms with Crippen molar-refractivity contribution >= 4 is 5.78 Å². The van der Waals surface area contributed by atoms with Crippen molar-refractivity contribution in [2.24, 2.45) is 0 Å². The van der Waals surface area contributed by atoms with Crippen molar-refractivity contribution < 1.29 is 4.79 Å². The molecule has 0 aliphatic carbocycles. The highest BCUT2D eigenvalue weighted by molar-refractivity contribution is 5.97. The van der Waals surface area contributed by atoms with E-state index in [4.69, 9.17) is 0 Å². The molecule has 1 atom stereocenters. The van der Waals surface area contributed by atoms with Crippen LogP contribution in [0.3, 0.4) is 0 Å². The Morgan fingerprint density at radius 1 is 1.14 bits per heavy atom. The van der Waals surface area contributed by atoms with Gasteiger partial charge in [-0.1, -0.05) is 37.6 Å². The first-order valence-electron chi connectivity index (χ1n) is 8.35. The number of nitrogens with zero attached hydrogens (tertiary/aromatic N) is 2. The fourth-order valence-corrected chi connectivity index (χ4v) is 3.58. The Labute approximate surface area is 127 Å². The summed E-state index contributed by atoms with van der Waals surface area (Å²) < 4.78 is 0. The number of hydrogen-bond acceptors (Lipinski definition) is 3. The molecule has 0 aromatic heterocycles. The van der Waals surface area contributed by atoms with Crippen LogP contribution in [0.15, 0.2) is 24.3 Å². The number of benzene rings is 1. The van der Waals surface area contributed by atoms with E-state index in [0.717, 1.165) is 31.6 Å². The van der Waals surface area contributed by atoms with Crippen LogP contribution in [0.25, 0.3) is 0 Å². The summed E-state index contributed by atoms with van der Waals surface area (Å²) in [7, 11) is 0. The van der Waals surface area contributed by atoms with Gasteiger partial charge < -0.3 is 0 Å². The summed E-state index contributed by atoms with van der Waals surface area (Å²) in [4.78, 5) is 17.4. The number of piperazine rings is 1. The van der Waals surface area contributed by atoms with Gasteiger partial charge in [0.25, 0.3) is 0 Å². The van der Waals surface area contributed by atoms with Crippen LogP contribution in [-0.2, 0) is 6.42 Å². The number of aryl methyl sites for hydroxylation is 1. The van der Waals surface area contributed by atoms with E-state index in [1.54, 1.807) is 0 Å². The molecule has 0 amide bonds. The van der Waals surface area contributed by atoms with Crippen molar-refractivity contribution in [3.8, 4) is 0 Å². The number of hydrogen-bond donors (Lipinski definition) is 0. The van der Waals surface area contributed by atoms with Gasteiger partial charge in [-0.3, -0.25) is 14.6 Å². The van der Waals surface area contributed by atoms with Crippen LogP contribution >= 0.6 is 0 Å². The number of Topliss-reactive ketones (excluding diaryl/α,β-unsaturated/α-hetero) is 1. The summed E-state index contributed by atoms with van der Waals surface area (Å²) in [5.74, 6) is 0.266. The van der Waals surface area contributed by atoms with Gasteiger partial charge in [0.15, 0.2) is 5.78 Å². The second-order valence-electron chi connectivity index (χ2n) is 6.39. The molecule has 2 aliphatic heterocycles. The largest absolute Gasteiger partial charge is 0.298 e. The molecule has 0 radical (unpaired) electrons. The minimum atomic E-state index is 0.266. The molecule has 1 aromatic carbocycles. The molecule has 114 valence electrons. The van der Waals surface area contributed by atoms with Crippen LogP contribution in [0.1, 0.15) is 42.1 Å². The van der Waals surface area contributed by atoms with E-state index >= 15 is 0 Å². The van der Waals surface area contributed by atoms with Crippen LogP contribution in [0, 0.1) is 0 Å².